The minimum absolute atomic E-state index is 0.660. The summed E-state index contributed by atoms with van der Waals surface area (Å²) in [6.45, 7) is 12.9. The van der Waals surface area contributed by atoms with E-state index in [-0.39, 0.29) is 0 Å². The van der Waals surface area contributed by atoms with Crippen LogP contribution >= 0.6 is 0 Å². The first-order valence-electron chi connectivity index (χ1n) is 5.60. The second-order valence-corrected chi connectivity index (χ2v) is 4.70. The van der Waals surface area contributed by atoms with Crippen molar-refractivity contribution in [2.75, 3.05) is 19.6 Å². The van der Waals surface area contributed by atoms with Gasteiger partial charge < -0.3 is 10.2 Å². The van der Waals surface area contributed by atoms with Gasteiger partial charge in [0.1, 0.15) is 0 Å². The normalized spacial score (nSPS) is 33.2. The first-order chi connectivity index (χ1) is 6.11. The van der Waals surface area contributed by atoms with Gasteiger partial charge >= 0.3 is 0 Å². The Balaban J connectivity index is 2.32. The van der Waals surface area contributed by atoms with Crippen molar-refractivity contribution in [3.8, 4) is 0 Å². The zero-order valence-corrected chi connectivity index (χ0v) is 9.51. The molecule has 3 atom stereocenters. The summed E-state index contributed by atoms with van der Waals surface area (Å²) in [6, 6.07) is 1.32. The number of nitrogens with zero attached hydrogens (tertiary/aromatic N) is 1. The summed E-state index contributed by atoms with van der Waals surface area (Å²) in [6.07, 6.45) is 1.30. The van der Waals surface area contributed by atoms with Crippen LogP contribution < -0.4 is 5.32 Å². The van der Waals surface area contributed by atoms with Gasteiger partial charge in [-0.25, -0.2) is 0 Å². The van der Waals surface area contributed by atoms with Crippen LogP contribution in [0.25, 0.3) is 0 Å². The molecule has 1 heterocycles. The predicted octanol–water partition coefficient (Wildman–Crippen LogP) is 1.71. The summed E-state index contributed by atoms with van der Waals surface area (Å²) in [5, 5.41) is 3.56. The van der Waals surface area contributed by atoms with Crippen molar-refractivity contribution in [3.63, 3.8) is 0 Å². The Kier molecular flexibility index (Phi) is 4.20. The van der Waals surface area contributed by atoms with Crippen molar-refractivity contribution in [2.45, 2.75) is 46.2 Å². The van der Waals surface area contributed by atoms with Gasteiger partial charge in [-0.05, 0) is 19.8 Å². The zero-order chi connectivity index (χ0) is 9.84. The smallest absolute Gasteiger partial charge is 0.0169 e. The standard InChI is InChI=1S/C11H24N2/c1-5-9(2)6-13-7-10(3)12-11(4)8-13/h9-12H,5-8H2,1-4H3. The third-order valence-corrected chi connectivity index (χ3v) is 2.90. The van der Waals surface area contributed by atoms with E-state index < -0.39 is 0 Å². The number of piperazine rings is 1. The van der Waals surface area contributed by atoms with Gasteiger partial charge in [0.2, 0.25) is 0 Å². The van der Waals surface area contributed by atoms with Crippen molar-refractivity contribution in [1.82, 2.24) is 10.2 Å². The maximum absolute atomic E-state index is 3.56. The number of nitrogens with one attached hydrogen (secondary N) is 1. The second kappa shape index (κ2) is 4.97. The maximum atomic E-state index is 3.56. The van der Waals surface area contributed by atoms with E-state index in [4.69, 9.17) is 0 Å². The highest BCUT2D eigenvalue weighted by Gasteiger charge is 2.21. The van der Waals surface area contributed by atoms with E-state index >= 15 is 0 Å². The summed E-state index contributed by atoms with van der Waals surface area (Å²) < 4.78 is 0. The fourth-order valence-corrected chi connectivity index (χ4v) is 2.16. The highest BCUT2D eigenvalue weighted by Crippen LogP contribution is 2.09. The lowest BCUT2D eigenvalue weighted by atomic mass is 10.1. The van der Waals surface area contributed by atoms with Gasteiger partial charge in [-0.1, -0.05) is 20.3 Å². The van der Waals surface area contributed by atoms with E-state index in [0.717, 1.165) is 5.92 Å². The molecule has 3 unspecified atom stereocenters. The van der Waals surface area contributed by atoms with Gasteiger partial charge in [-0.3, -0.25) is 0 Å². The highest BCUT2D eigenvalue weighted by molar-refractivity contribution is 4.81. The van der Waals surface area contributed by atoms with Crippen LogP contribution in [-0.2, 0) is 0 Å². The molecule has 1 N–H and O–H groups in total. The van der Waals surface area contributed by atoms with E-state index in [2.05, 4.69) is 37.9 Å². The van der Waals surface area contributed by atoms with Crippen molar-refractivity contribution < 1.29 is 0 Å². The molecule has 1 aliphatic rings. The van der Waals surface area contributed by atoms with E-state index in [9.17, 15) is 0 Å². The Labute approximate surface area is 82.7 Å². The van der Waals surface area contributed by atoms with E-state index in [1.165, 1.54) is 26.1 Å². The Morgan fingerprint density at radius 3 is 2.31 bits per heavy atom. The average Bonchev–Trinajstić information content (AvgIpc) is 2.02. The van der Waals surface area contributed by atoms with Crippen LogP contribution in [0.15, 0.2) is 0 Å². The molecule has 0 bridgehead atoms. The molecule has 2 nitrogen and oxygen atoms in total. The molecule has 0 saturated carbocycles. The molecule has 2 heteroatoms. The topological polar surface area (TPSA) is 15.3 Å². The van der Waals surface area contributed by atoms with E-state index in [1.54, 1.807) is 0 Å². The summed E-state index contributed by atoms with van der Waals surface area (Å²) in [5.74, 6) is 0.845. The fraction of sp³-hybridized carbons (Fsp3) is 1.00. The van der Waals surface area contributed by atoms with Crippen molar-refractivity contribution >= 4 is 0 Å². The van der Waals surface area contributed by atoms with Crippen LogP contribution in [0, 0.1) is 5.92 Å². The molecular weight excluding hydrogens is 160 g/mol. The minimum atomic E-state index is 0.660. The number of hydrogen-bond donors (Lipinski definition) is 1. The maximum Gasteiger partial charge on any atom is 0.0169 e. The van der Waals surface area contributed by atoms with Crippen LogP contribution in [0.2, 0.25) is 0 Å². The van der Waals surface area contributed by atoms with Crippen LogP contribution in [-0.4, -0.2) is 36.6 Å². The molecule has 78 valence electrons. The van der Waals surface area contributed by atoms with Gasteiger partial charge in [0.15, 0.2) is 0 Å². The van der Waals surface area contributed by atoms with Gasteiger partial charge in [0.05, 0.1) is 0 Å². The Morgan fingerprint density at radius 1 is 1.31 bits per heavy atom. The first kappa shape index (κ1) is 11.0. The molecule has 0 aromatic carbocycles. The van der Waals surface area contributed by atoms with Crippen molar-refractivity contribution in [3.05, 3.63) is 0 Å². The minimum Gasteiger partial charge on any atom is -0.309 e. The molecule has 0 spiro atoms. The monoisotopic (exact) mass is 184 g/mol. The molecule has 0 aromatic rings. The van der Waals surface area contributed by atoms with Gasteiger partial charge in [0.25, 0.3) is 0 Å². The van der Waals surface area contributed by atoms with Gasteiger partial charge in [0, 0.05) is 31.7 Å². The molecule has 1 fully saturated rings. The lowest BCUT2D eigenvalue weighted by Gasteiger charge is -2.37. The summed E-state index contributed by atoms with van der Waals surface area (Å²) >= 11 is 0. The zero-order valence-electron chi connectivity index (χ0n) is 9.51. The van der Waals surface area contributed by atoms with Crippen LogP contribution in [0.4, 0.5) is 0 Å². The first-order valence-corrected chi connectivity index (χ1v) is 5.60. The molecule has 1 saturated heterocycles. The molecule has 0 amide bonds. The van der Waals surface area contributed by atoms with Crippen LogP contribution in [0.1, 0.15) is 34.1 Å². The molecule has 0 aliphatic carbocycles. The Hall–Kier alpha value is -0.0800. The molecule has 0 radical (unpaired) electrons. The predicted molar refractivity (Wildman–Crippen MR) is 58.0 cm³/mol. The summed E-state index contributed by atoms with van der Waals surface area (Å²) in [7, 11) is 0. The molecule has 1 rings (SSSR count). The highest BCUT2D eigenvalue weighted by atomic mass is 15.2. The molecule has 0 aromatic heterocycles. The van der Waals surface area contributed by atoms with Gasteiger partial charge in [-0.2, -0.15) is 0 Å². The Bertz CT molecular complexity index is 137. The summed E-state index contributed by atoms with van der Waals surface area (Å²) in [4.78, 5) is 2.60. The third-order valence-electron chi connectivity index (χ3n) is 2.90. The largest absolute Gasteiger partial charge is 0.309 e. The van der Waals surface area contributed by atoms with E-state index in [0.29, 0.717) is 12.1 Å². The second-order valence-electron chi connectivity index (χ2n) is 4.70. The quantitative estimate of drug-likeness (QED) is 0.718. The third kappa shape index (κ3) is 3.65. The molecule has 13 heavy (non-hydrogen) atoms. The lowest BCUT2D eigenvalue weighted by molar-refractivity contribution is 0.153. The van der Waals surface area contributed by atoms with Crippen molar-refractivity contribution in [2.24, 2.45) is 5.92 Å². The fourth-order valence-electron chi connectivity index (χ4n) is 2.16. The summed E-state index contributed by atoms with van der Waals surface area (Å²) in [5.41, 5.74) is 0. The van der Waals surface area contributed by atoms with Crippen LogP contribution in [0.5, 0.6) is 0 Å². The van der Waals surface area contributed by atoms with Crippen molar-refractivity contribution in [1.29, 1.82) is 0 Å². The Morgan fingerprint density at radius 2 is 1.85 bits per heavy atom. The molecule has 1 aliphatic heterocycles. The van der Waals surface area contributed by atoms with E-state index in [1.807, 2.05) is 0 Å². The van der Waals surface area contributed by atoms with Gasteiger partial charge in [-0.15, -0.1) is 0 Å². The molecular formula is C11H24N2. The average molecular weight is 184 g/mol. The SMILES string of the molecule is CCC(C)CN1CC(C)NC(C)C1. The number of rotatable bonds is 3. The van der Waals surface area contributed by atoms with Crippen LogP contribution in [0.3, 0.4) is 0 Å². The lowest BCUT2D eigenvalue weighted by Crippen LogP contribution is -2.54. The number of hydrogen-bond acceptors (Lipinski definition) is 2.